The van der Waals surface area contributed by atoms with E-state index in [-0.39, 0.29) is 23.5 Å². The SMILES string of the molecule is O=C(NCCCNC(=O)C1CCNCC1)c1cccc(O)c1. The average molecular weight is 305 g/mol. The van der Waals surface area contributed by atoms with Crippen LogP contribution in [0.2, 0.25) is 0 Å². The summed E-state index contributed by atoms with van der Waals surface area (Å²) in [4.78, 5) is 23.7. The van der Waals surface area contributed by atoms with E-state index in [4.69, 9.17) is 0 Å². The van der Waals surface area contributed by atoms with Gasteiger partial charge in [-0.25, -0.2) is 0 Å². The molecule has 2 rings (SSSR count). The number of nitrogens with one attached hydrogen (secondary N) is 3. The lowest BCUT2D eigenvalue weighted by molar-refractivity contribution is -0.125. The van der Waals surface area contributed by atoms with Crippen LogP contribution in [0.15, 0.2) is 24.3 Å². The maximum absolute atomic E-state index is 11.9. The summed E-state index contributed by atoms with van der Waals surface area (Å²) in [5.41, 5.74) is 0.429. The fourth-order valence-corrected chi connectivity index (χ4v) is 2.48. The maximum Gasteiger partial charge on any atom is 0.251 e. The first-order valence-electron chi connectivity index (χ1n) is 7.72. The molecule has 0 spiro atoms. The van der Waals surface area contributed by atoms with E-state index < -0.39 is 0 Å². The van der Waals surface area contributed by atoms with Gasteiger partial charge in [-0.15, -0.1) is 0 Å². The Bertz CT molecular complexity index is 513. The number of hydrogen-bond donors (Lipinski definition) is 4. The van der Waals surface area contributed by atoms with Gasteiger partial charge in [0.15, 0.2) is 0 Å². The van der Waals surface area contributed by atoms with Crippen molar-refractivity contribution < 1.29 is 14.7 Å². The number of phenolic OH excluding ortho intramolecular Hbond substituents is 1. The van der Waals surface area contributed by atoms with Gasteiger partial charge < -0.3 is 21.1 Å². The molecule has 1 aliphatic heterocycles. The molecule has 0 saturated carbocycles. The van der Waals surface area contributed by atoms with Gasteiger partial charge in [-0.1, -0.05) is 6.07 Å². The summed E-state index contributed by atoms with van der Waals surface area (Å²) < 4.78 is 0. The van der Waals surface area contributed by atoms with Crippen LogP contribution in [0, 0.1) is 5.92 Å². The number of hydrogen-bond acceptors (Lipinski definition) is 4. The second-order valence-electron chi connectivity index (χ2n) is 5.48. The summed E-state index contributed by atoms with van der Waals surface area (Å²) in [5.74, 6) is 0.0754. The minimum atomic E-state index is -0.222. The molecule has 0 bridgehead atoms. The van der Waals surface area contributed by atoms with E-state index >= 15 is 0 Å². The van der Waals surface area contributed by atoms with Gasteiger partial charge in [0.1, 0.15) is 5.75 Å². The number of carbonyl (C=O) groups is 2. The number of rotatable bonds is 6. The van der Waals surface area contributed by atoms with E-state index in [1.54, 1.807) is 12.1 Å². The minimum Gasteiger partial charge on any atom is -0.508 e. The third kappa shape index (κ3) is 5.04. The molecule has 1 aliphatic rings. The number of phenols is 1. The van der Waals surface area contributed by atoms with Crippen molar-refractivity contribution in [2.45, 2.75) is 19.3 Å². The second-order valence-corrected chi connectivity index (χ2v) is 5.48. The molecule has 6 heteroatoms. The Morgan fingerprint density at radius 1 is 1.18 bits per heavy atom. The molecule has 1 fully saturated rings. The molecule has 0 aromatic heterocycles. The van der Waals surface area contributed by atoms with E-state index in [0.717, 1.165) is 25.9 Å². The summed E-state index contributed by atoms with van der Waals surface area (Å²) in [6, 6.07) is 6.22. The summed E-state index contributed by atoms with van der Waals surface area (Å²) >= 11 is 0. The van der Waals surface area contributed by atoms with Crippen molar-refractivity contribution in [1.82, 2.24) is 16.0 Å². The minimum absolute atomic E-state index is 0.0712. The zero-order valence-electron chi connectivity index (χ0n) is 12.6. The van der Waals surface area contributed by atoms with E-state index in [1.807, 2.05) is 0 Å². The van der Waals surface area contributed by atoms with Crippen LogP contribution in [0.4, 0.5) is 0 Å². The van der Waals surface area contributed by atoms with Crippen molar-refractivity contribution in [3.63, 3.8) is 0 Å². The molecule has 2 amide bonds. The van der Waals surface area contributed by atoms with Gasteiger partial charge in [0, 0.05) is 24.6 Å². The van der Waals surface area contributed by atoms with Gasteiger partial charge >= 0.3 is 0 Å². The van der Waals surface area contributed by atoms with Crippen molar-refractivity contribution in [2.75, 3.05) is 26.2 Å². The molecule has 0 atom stereocenters. The smallest absolute Gasteiger partial charge is 0.251 e. The topological polar surface area (TPSA) is 90.5 Å². The maximum atomic E-state index is 11.9. The highest BCUT2D eigenvalue weighted by molar-refractivity contribution is 5.94. The lowest BCUT2D eigenvalue weighted by Gasteiger charge is -2.21. The predicted molar refractivity (Wildman–Crippen MR) is 83.7 cm³/mol. The number of aromatic hydroxyl groups is 1. The Morgan fingerprint density at radius 3 is 2.64 bits per heavy atom. The first kappa shape index (κ1) is 16.3. The Hall–Kier alpha value is -2.08. The third-order valence-electron chi connectivity index (χ3n) is 3.76. The molecular weight excluding hydrogens is 282 g/mol. The lowest BCUT2D eigenvalue weighted by Crippen LogP contribution is -2.39. The molecule has 1 aromatic carbocycles. The zero-order valence-corrected chi connectivity index (χ0v) is 12.6. The lowest BCUT2D eigenvalue weighted by atomic mass is 9.97. The number of amides is 2. The standard InChI is InChI=1S/C16H23N3O3/c20-14-4-1-3-13(11-14)16(22)19-8-2-7-18-15(21)12-5-9-17-10-6-12/h1,3-4,11-12,17,20H,2,5-10H2,(H,18,21)(H,19,22). The first-order chi connectivity index (χ1) is 10.7. The van der Waals surface area contributed by atoms with Gasteiger partial charge in [0.05, 0.1) is 0 Å². The molecule has 0 aliphatic carbocycles. The quantitative estimate of drug-likeness (QED) is 0.580. The van der Waals surface area contributed by atoms with Crippen LogP contribution >= 0.6 is 0 Å². The molecular formula is C16H23N3O3. The second kappa shape index (κ2) is 8.38. The van der Waals surface area contributed by atoms with Gasteiger partial charge in [-0.05, 0) is 50.6 Å². The number of benzene rings is 1. The fraction of sp³-hybridized carbons (Fsp3) is 0.500. The summed E-state index contributed by atoms with van der Waals surface area (Å²) in [6.07, 6.45) is 2.46. The molecule has 22 heavy (non-hydrogen) atoms. The highest BCUT2D eigenvalue weighted by Crippen LogP contribution is 2.11. The van der Waals surface area contributed by atoms with Crippen LogP contribution in [0.25, 0.3) is 0 Å². The van der Waals surface area contributed by atoms with Gasteiger partial charge in [0.25, 0.3) is 5.91 Å². The predicted octanol–water partition coefficient (Wildman–Crippen LogP) is 0.628. The summed E-state index contributed by atoms with van der Waals surface area (Å²) in [5, 5.41) is 18.2. The molecule has 6 nitrogen and oxygen atoms in total. The largest absolute Gasteiger partial charge is 0.508 e. The molecule has 0 radical (unpaired) electrons. The fourth-order valence-electron chi connectivity index (χ4n) is 2.48. The number of piperidine rings is 1. The Labute approximate surface area is 130 Å². The monoisotopic (exact) mass is 305 g/mol. The van der Waals surface area contributed by atoms with Crippen molar-refractivity contribution in [2.24, 2.45) is 5.92 Å². The van der Waals surface area contributed by atoms with Crippen LogP contribution in [-0.4, -0.2) is 43.1 Å². The molecule has 4 N–H and O–H groups in total. The van der Waals surface area contributed by atoms with Crippen LogP contribution in [0.5, 0.6) is 5.75 Å². The molecule has 0 unspecified atom stereocenters. The van der Waals surface area contributed by atoms with Gasteiger partial charge in [0.2, 0.25) is 5.91 Å². The molecule has 1 saturated heterocycles. The molecule has 120 valence electrons. The van der Waals surface area contributed by atoms with Crippen LogP contribution in [0.3, 0.4) is 0 Å². The van der Waals surface area contributed by atoms with Gasteiger partial charge in [-0.3, -0.25) is 9.59 Å². The van der Waals surface area contributed by atoms with Crippen molar-refractivity contribution in [3.8, 4) is 5.75 Å². The van der Waals surface area contributed by atoms with Crippen molar-refractivity contribution in [3.05, 3.63) is 29.8 Å². The Balaban J connectivity index is 1.60. The van der Waals surface area contributed by atoms with E-state index in [9.17, 15) is 14.7 Å². The van der Waals surface area contributed by atoms with Gasteiger partial charge in [-0.2, -0.15) is 0 Å². The third-order valence-corrected chi connectivity index (χ3v) is 3.76. The normalized spacial score (nSPS) is 15.3. The van der Waals surface area contributed by atoms with Crippen LogP contribution in [-0.2, 0) is 4.79 Å². The average Bonchev–Trinajstić information content (AvgIpc) is 2.55. The highest BCUT2D eigenvalue weighted by atomic mass is 16.3. The Kier molecular flexibility index (Phi) is 6.21. The van der Waals surface area contributed by atoms with E-state index in [2.05, 4.69) is 16.0 Å². The molecule has 1 heterocycles. The van der Waals surface area contributed by atoms with Crippen LogP contribution < -0.4 is 16.0 Å². The first-order valence-corrected chi connectivity index (χ1v) is 7.72. The van der Waals surface area contributed by atoms with Crippen molar-refractivity contribution in [1.29, 1.82) is 0 Å². The van der Waals surface area contributed by atoms with E-state index in [0.29, 0.717) is 25.1 Å². The summed E-state index contributed by atoms with van der Waals surface area (Å²) in [7, 11) is 0. The van der Waals surface area contributed by atoms with Crippen LogP contribution in [0.1, 0.15) is 29.6 Å². The highest BCUT2D eigenvalue weighted by Gasteiger charge is 2.20. The van der Waals surface area contributed by atoms with Crippen molar-refractivity contribution >= 4 is 11.8 Å². The Morgan fingerprint density at radius 2 is 1.91 bits per heavy atom. The number of carbonyl (C=O) groups excluding carboxylic acids is 2. The summed E-state index contributed by atoms with van der Waals surface area (Å²) in [6.45, 7) is 2.85. The molecule has 1 aromatic rings. The zero-order chi connectivity index (χ0) is 15.8. The van der Waals surface area contributed by atoms with E-state index in [1.165, 1.54) is 12.1 Å².